The molecule has 1 amide bonds. The van der Waals surface area contributed by atoms with Crippen molar-refractivity contribution < 1.29 is 4.79 Å². The van der Waals surface area contributed by atoms with Gasteiger partial charge in [0.05, 0.1) is 15.8 Å². The summed E-state index contributed by atoms with van der Waals surface area (Å²) in [6.07, 6.45) is 5.55. The third kappa shape index (κ3) is 3.18. The van der Waals surface area contributed by atoms with Gasteiger partial charge >= 0.3 is 0 Å². The number of carbonyl (C=O) groups is 1. The zero-order chi connectivity index (χ0) is 18.9. The molecule has 6 nitrogen and oxygen atoms in total. The van der Waals surface area contributed by atoms with E-state index in [1.165, 1.54) is 11.3 Å². The quantitative estimate of drug-likeness (QED) is 0.839. The number of aromatic nitrogens is 2. The summed E-state index contributed by atoms with van der Waals surface area (Å²) in [4.78, 5) is 31.9. The highest BCUT2D eigenvalue weighted by molar-refractivity contribution is 7.20. The molecule has 0 aromatic carbocycles. The largest absolute Gasteiger partial charge is 0.345 e. The zero-order valence-corrected chi connectivity index (χ0v) is 16.7. The van der Waals surface area contributed by atoms with Crippen molar-refractivity contribution in [2.75, 3.05) is 6.54 Å². The summed E-state index contributed by atoms with van der Waals surface area (Å²) in [5.74, 6) is 0.700. The minimum atomic E-state index is -0.403. The maximum atomic E-state index is 13.0. The zero-order valence-electron chi connectivity index (χ0n) is 15.9. The second-order valence-corrected chi connectivity index (χ2v) is 8.18. The summed E-state index contributed by atoms with van der Waals surface area (Å²) >= 11 is 1.32. The van der Waals surface area contributed by atoms with Crippen LogP contribution < -0.4 is 16.6 Å². The fraction of sp³-hybridized carbons (Fsp3) is 0.632. The average molecular weight is 377 g/mol. The Balaban J connectivity index is 2.06. The molecule has 3 rings (SSSR count). The molecule has 0 atom stereocenters. The summed E-state index contributed by atoms with van der Waals surface area (Å²) < 4.78 is 1.80. The number of hydrogen-bond donors (Lipinski definition) is 2. The molecule has 0 saturated carbocycles. The van der Waals surface area contributed by atoms with Crippen LogP contribution in [0.2, 0.25) is 0 Å². The van der Waals surface area contributed by atoms with Gasteiger partial charge in [0, 0.05) is 19.5 Å². The highest BCUT2D eigenvalue weighted by atomic mass is 32.1. The third-order valence-electron chi connectivity index (χ3n) is 5.74. The van der Waals surface area contributed by atoms with Gasteiger partial charge in [0.15, 0.2) is 0 Å². The van der Waals surface area contributed by atoms with E-state index in [9.17, 15) is 9.59 Å². The third-order valence-corrected chi connectivity index (χ3v) is 6.93. The van der Waals surface area contributed by atoms with E-state index in [1.807, 2.05) is 20.8 Å². The Morgan fingerprint density at radius 1 is 1.31 bits per heavy atom. The molecule has 0 bridgehead atoms. The second kappa shape index (κ2) is 7.48. The van der Waals surface area contributed by atoms with E-state index in [0.717, 1.165) is 56.5 Å². The molecule has 0 unspecified atom stereocenters. The summed E-state index contributed by atoms with van der Waals surface area (Å²) in [7, 11) is 0. The minimum absolute atomic E-state index is 0.00392. The van der Waals surface area contributed by atoms with Crippen molar-refractivity contribution in [3.8, 4) is 0 Å². The molecule has 3 N–H and O–H groups in total. The van der Waals surface area contributed by atoms with Crippen molar-refractivity contribution in [2.45, 2.75) is 71.4 Å². The molecule has 26 heavy (non-hydrogen) atoms. The summed E-state index contributed by atoms with van der Waals surface area (Å²) in [5, 5.41) is 3.70. The molecule has 0 aliphatic carbocycles. The number of amides is 1. The number of aryl methyl sites for hydroxylation is 2. The molecular weight excluding hydrogens is 348 g/mol. The Morgan fingerprint density at radius 3 is 2.69 bits per heavy atom. The van der Waals surface area contributed by atoms with Crippen LogP contribution in [0.5, 0.6) is 0 Å². The smallest absolute Gasteiger partial charge is 0.262 e. The maximum Gasteiger partial charge on any atom is 0.262 e. The van der Waals surface area contributed by atoms with Crippen LogP contribution in [0, 0.1) is 6.92 Å². The molecule has 1 aliphatic heterocycles. The van der Waals surface area contributed by atoms with E-state index in [0.29, 0.717) is 21.6 Å². The molecule has 0 saturated heterocycles. The van der Waals surface area contributed by atoms with Crippen LogP contribution in [0.15, 0.2) is 4.79 Å². The van der Waals surface area contributed by atoms with Crippen molar-refractivity contribution in [3.63, 3.8) is 0 Å². The van der Waals surface area contributed by atoms with Gasteiger partial charge < -0.3 is 11.1 Å². The minimum Gasteiger partial charge on any atom is -0.345 e. The second-order valence-electron chi connectivity index (χ2n) is 7.18. The lowest BCUT2D eigenvalue weighted by atomic mass is 9.93. The molecule has 0 spiro atoms. The molecular formula is C19H28N4O2S. The first-order valence-electron chi connectivity index (χ1n) is 9.51. The molecule has 7 heteroatoms. The van der Waals surface area contributed by atoms with Crippen LogP contribution in [0.4, 0.5) is 0 Å². The topological polar surface area (TPSA) is 90.0 Å². The van der Waals surface area contributed by atoms with E-state index < -0.39 is 5.54 Å². The monoisotopic (exact) mass is 376 g/mol. The number of fused-ring (bicyclic) bond motifs is 2. The van der Waals surface area contributed by atoms with Crippen LogP contribution in [-0.4, -0.2) is 27.5 Å². The normalized spacial score (nSPS) is 14.9. The van der Waals surface area contributed by atoms with Crippen molar-refractivity contribution in [1.29, 1.82) is 0 Å². The van der Waals surface area contributed by atoms with E-state index >= 15 is 0 Å². The Kier molecular flexibility index (Phi) is 5.48. The fourth-order valence-electron chi connectivity index (χ4n) is 3.69. The maximum absolute atomic E-state index is 13.0. The Hall–Kier alpha value is -1.73. The fourth-order valence-corrected chi connectivity index (χ4v) is 4.78. The Labute approximate surface area is 157 Å². The van der Waals surface area contributed by atoms with Crippen LogP contribution in [0.1, 0.15) is 67.0 Å². The van der Waals surface area contributed by atoms with Gasteiger partial charge in [0.25, 0.3) is 11.5 Å². The molecule has 2 aromatic rings. The van der Waals surface area contributed by atoms with Gasteiger partial charge in [-0.15, -0.1) is 11.3 Å². The number of thiophene rings is 1. The molecule has 2 aromatic heterocycles. The van der Waals surface area contributed by atoms with Crippen molar-refractivity contribution >= 4 is 27.5 Å². The van der Waals surface area contributed by atoms with E-state index in [2.05, 4.69) is 5.32 Å². The van der Waals surface area contributed by atoms with Crippen LogP contribution in [0.25, 0.3) is 10.2 Å². The van der Waals surface area contributed by atoms with Gasteiger partial charge in [-0.3, -0.25) is 14.2 Å². The number of rotatable bonds is 5. The van der Waals surface area contributed by atoms with Gasteiger partial charge in [-0.2, -0.15) is 0 Å². The lowest BCUT2D eigenvalue weighted by molar-refractivity contribution is 0.0899. The number of nitrogens with one attached hydrogen (secondary N) is 1. The van der Waals surface area contributed by atoms with Gasteiger partial charge in [-0.25, -0.2) is 4.98 Å². The Morgan fingerprint density at radius 2 is 2.04 bits per heavy atom. The highest BCUT2D eigenvalue weighted by Crippen LogP contribution is 2.29. The molecule has 0 fully saturated rings. The van der Waals surface area contributed by atoms with Crippen LogP contribution in [-0.2, 0) is 13.0 Å². The number of hydrogen-bond acceptors (Lipinski definition) is 5. The predicted molar refractivity (Wildman–Crippen MR) is 106 cm³/mol. The van der Waals surface area contributed by atoms with Gasteiger partial charge in [0.1, 0.15) is 10.7 Å². The Bertz CT molecular complexity index is 872. The first-order chi connectivity index (χ1) is 12.5. The van der Waals surface area contributed by atoms with E-state index in [-0.39, 0.29) is 11.5 Å². The van der Waals surface area contributed by atoms with Crippen molar-refractivity contribution in [3.05, 3.63) is 26.6 Å². The van der Waals surface area contributed by atoms with Crippen molar-refractivity contribution in [2.24, 2.45) is 5.73 Å². The van der Waals surface area contributed by atoms with Crippen LogP contribution in [0.3, 0.4) is 0 Å². The highest BCUT2D eigenvalue weighted by Gasteiger charge is 2.29. The van der Waals surface area contributed by atoms with Crippen molar-refractivity contribution in [1.82, 2.24) is 14.9 Å². The number of nitrogens with two attached hydrogens (primary N) is 1. The van der Waals surface area contributed by atoms with E-state index in [1.54, 1.807) is 4.57 Å². The first-order valence-corrected chi connectivity index (χ1v) is 10.3. The number of carbonyl (C=O) groups excluding carboxylic acids is 1. The van der Waals surface area contributed by atoms with E-state index in [4.69, 9.17) is 10.7 Å². The first kappa shape index (κ1) is 19.0. The SMILES string of the molecule is CCC(CC)(CN)NC(=O)c1sc2nc3n(c(=O)c2c1C)CCCCC3. The molecule has 1 aliphatic rings. The molecule has 3 heterocycles. The summed E-state index contributed by atoms with van der Waals surface area (Å²) in [5.41, 5.74) is 6.24. The lowest BCUT2D eigenvalue weighted by Gasteiger charge is -2.31. The van der Waals surface area contributed by atoms with Gasteiger partial charge in [-0.05, 0) is 38.2 Å². The van der Waals surface area contributed by atoms with Gasteiger partial charge in [0.2, 0.25) is 0 Å². The average Bonchev–Trinajstić information content (AvgIpc) is 2.82. The molecule has 142 valence electrons. The summed E-state index contributed by atoms with van der Waals surface area (Å²) in [6, 6.07) is 0. The number of nitrogens with zero attached hydrogens (tertiary/aromatic N) is 2. The summed E-state index contributed by atoms with van der Waals surface area (Å²) in [6.45, 7) is 7.02. The van der Waals surface area contributed by atoms with Gasteiger partial charge in [-0.1, -0.05) is 20.3 Å². The van der Waals surface area contributed by atoms with Crippen LogP contribution >= 0.6 is 11.3 Å². The standard InChI is InChI=1S/C19H28N4O2S/c1-4-19(5-2,11-20)22-16(24)15-12(3)14-17(26-15)21-13-9-7-6-8-10-23(13)18(14)25/h4-11,20H2,1-3H3,(H,22,24). The molecule has 0 radical (unpaired) electrons. The lowest BCUT2D eigenvalue weighted by Crippen LogP contribution is -2.52. The predicted octanol–water partition coefficient (Wildman–Crippen LogP) is 2.74.